The standard InChI is InChI=1S/C13H17FO2/c1-15-13(16-2)12(14)11-8-10(11)9-6-4-3-5-7-9/h3-7,10-13H,8H2,1-2H3/t10-,11+,12?/m0/s1. The Morgan fingerprint density at radius 3 is 2.38 bits per heavy atom. The second-order valence-electron chi connectivity index (χ2n) is 4.20. The van der Waals surface area contributed by atoms with Crippen molar-refractivity contribution >= 4 is 0 Å². The van der Waals surface area contributed by atoms with Gasteiger partial charge in [0.2, 0.25) is 0 Å². The van der Waals surface area contributed by atoms with Crippen molar-refractivity contribution in [2.45, 2.75) is 24.8 Å². The van der Waals surface area contributed by atoms with E-state index in [0.717, 1.165) is 6.42 Å². The molecule has 1 aromatic carbocycles. The Kier molecular flexibility index (Phi) is 3.56. The van der Waals surface area contributed by atoms with Gasteiger partial charge < -0.3 is 9.47 Å². The summed E-state index contributed by atoms with van der Waals surface area (Å²) in [7, 11) is 2.95. The van der Waals surface area contributed by atoms with Crippen LogP contribution in [0.4, 0.5) is 4.39 Å². The zero-order valence-corrected chi connectivity index (χ0v) is 9.60. The summed E-state index contributed by atoms with van der Waals surface area (Å²) in [5, 5.41) is 0. The molecular weight excluding hydrogens is 207 g/mol. The van der Waals surface area contributed by atoms with Crippen LogP contribution in [0.15, 0.2) is 30.3 Å². The molecule has 16 heavy (non-hydrogen) atoms. The molecule has 1 aliphatic rings. The first-order valence-corrected chi connectivity index (χ1v) is 5.52. The molecule has 0 spiro atoms. The molecule has 0 saturated heterocycles. The monoisotopic (exact) mass is 224 g/mol. The average Bonchev–Trinajstić information content (AvgIpc) is 3.11. The van der Waals surface area contributed by atoms with Crippen molar-refractivity contribution in [1.29, 1.82) is 0 Å². The second-order valence-corrected chi connectivity index (χ2v) is 4.20. The molecule has 1 unspecified atom stereocenters. The fraction of sp³-hybridized carbons (Fsp3) is 0.538. The van der Waals surface area contributed by atoms with Gasteiger partial charge in [-0.25, -0.2) is 4.39 Å². The molecule has 0 radical (unpaired) electrons. The fourth-order valence-corrected chi connectivity index (χ4v) is 2.21. The minimum Gasteiger partial charge on any atom is -0.353 e. The van der Waals surface area contributed by atoms with Gasteiger partial charge >= 0.3 is 0 Å². The Morgan fingerprint density at radius 1 is 1.19 bits per heavy atom. The van der Waals surface area contributed by atoms with Crippen LogP contribution < -0.4 is 0 Å². The van der Waals surface area contributed by atoms with Gasteiger partial charge in [-0.2, -0.15) is 0 Å². The van der Waals surface area contributed by atoms with E-state index >= 15 is 0 Å². The summed E-state index contributed by atoms with van der Waals surface area (Å²) in [5.74, 6) is 0.358. The third-order valence-corrected chi connectivity index (χ3v) is 3.20. The van der Waals surface area contributed by atoms with Crippen LogP contribution >= 0.6 is 0 Å². The topological polar surface area (TPSA) is 18.5 Å². The number of methoxy groups -OCH3 is 2. The molecule has 0 bridgehead atoms. The molecular formula is C13H17FO2. The summed E-state index contributed by atoms with van der Waals surface area (Å²) >= 11 is 0. The van der Waals surface area contributed by atoms with Gasteiger partial charge in [-0.05, 0) is 17.9 Å². The van der Waals surface area contributed by atoms with Gasteiger partial charge in [-0.1, -0.05) is 30.3 Å². The zero-order valence-electron chi connectivity index (χ0n) is 9.60. The quantitative estimate of drug-likeness (QED) is 0.716. The molecule has 0 N–H and O–H groups in total. The summed E-state index contributed by atoms with van der Waals surface area (Å²) < 4.78 is 23.8. The SMILES string of the molecule is COC(OC)C(F)[C@@H]1C[C@H]1c1ccccc1. The van der Waals surface area contributed by atoms with Crippen molar-refractivity contribution in [2.24, 2.45) is 5.92 Å². The summed E-state index contributed by atoms with van der Waals surface area (Å²) in [4.78, 5) is 0. The lowest BCUT2D eigenvalue weighted by Crippen LogP contribution is -2.28. The number of ether oxygens (including phenoxy) is 2. The Morgan fingerprint density at radius 2 is 1.81 bits per heavy atom. The van der Waals surface area contributed by atoms with Crippen LogP contribution in [0, 0.1) is 5.92 Å². The van der Waals surface area contributed by atoms with E-state index < -0.39 is 12.5 Å². The van der Waals surface area contributed by atoms with Crippen molar-refractivity contribution in [2.75, 3.05) is 14.2 Å². The highest BCUT2D eigenvalue weighted by Crippen LogP contribution is 2.51. The van der Waals surface area contributed by atoms with Gasteiger partial charge in [0.1, 0.15) is 0 Å². The average molecular weight is 224 g/mol. The molecule has 2 rings (SSSR count). The number of rotatable bonds is 5. The number of hydrogen-bond donors (Lipinski definition) is 0. The smallest absolute Gasteiger partial charge is 0.188 e. The number of alkyl halides is 1. The summed E-state index contributed by atoms with van der Waals surface area (Å²) in [6.45, 7) is 0. The predicted molar refractivity (Wildman–Crippen MR) is 60.0 cm³/mol. The molecule has 88 valence electrons. The van der Waals surface area contributed by atoms with Gasteiger partial charge in [-0.3, -0.25) is 0 Å². The lowest BCUT2D eigenvalue weighted by molar-refractivity contribution is -0.148. The highest BCUT2D eigenvalue weighted by molar-refractivity contribution is 5.26. The fourth-order valence-electron chi connectivity index (χ4n) is 2.21. The first-order valence-electron chi connectivity index (χ1n) is 5.52. The van der Waals surface area contributed by atoms with Crippen LogP contribution in [0.3, 0.4) is 0 Å². The Labute approximate surface area is 95.4 Å². The number of halogens is 1. The van der Waals surface area contributed by atoms with Gasteiger partial charge in [0.15, 0.2) is 12.5 Å². The molecule has 1 aliphatic carbocycles. The summed E-state index contributed by atoms with van der Waals surface area (Å²) in [5.41, 5.74) is 1.21. The molecule has 2 nitrogen and oxygen atoms in total. The number of benzene rings is 1. The molecule has 1 aromatic rings. The van der Waals surface area contributed by atoms with Crippen LogP contribution in [-0.4, -0.2) is 26.7 Å². The summed E-state index contributed by atoms with van der Waals surface area (Å²) in [6.07, 6.45) is -0.895. The van der Waals surface area contributed by atoms with Crippen LogP contribution in [0.25, 0.3) is 0 Å². The predicted octanol–water partition coefficient (Wildman–Crippen LogP) is 2.75. The molecule has 3 atom stereocenters. The van der Waals surface area contributed by atoms with Gasteiger partial charge in [0.05, 0.1) is 0 Å². The Hall–Kier alpha value is -0.930. The van der Waals surface area contributed by atoms with E-state index in [-0.39, 0.29) is 5.92 Å². The Bertz CT molecular complexity index is 324. The molecule has 0 aliphatic heterocycles. The second kappa shape index (κ2) is 4.93. The maximum Gasteiger partial charge on any atom is 0.188 e. The van der Waals surface area contributed by atoms with Crippen LogP contribution in [0.5, 0.6) is 0 Å². The van der Waals surface area contributed by atoms with Crippen LogP contribution in [0.2, 0.25) is 0 Å². The van der Waals surface area contributed by atoms with Gasteiger partial charge in [0.25, 0.3) is 0 Å². The third-order valence-electron chi connectivity index (χ3n) is 3.20. The minimum atomic E-state index is -1.04. The van der Waals surface area contributed by atoms with E-state index in [1.807, 2.05) is 30.3 Å². The third kappa shape index (κ3) is 2.25. The molecule has 0 heterocycles. The minimum absolute atomic E-state index is 0.0345. The van der Waals surface area contributed by atoms with Crippen molar-refractivity contribution in [1.82, 2.24) is 0 Å². The molecule has 0 amide bonds. The maximum absolute atomic E-state index is 13.9. The first kappa shape index (κ1) is 11.6. The first-order chi connectivity index (χ1) is 7.77. The zero-order chi connectivity index (χ0) is 11.5. The van der Waals surface area contributed by atoms with E-state index in [0.29, 0.717) is 5.92 Å². The van der Waals surface area contributed by atoms with Crippen molar-refractivity contribution in [3.63, 3.8) is 0 Å². The van der Waals surface area contributed by atoms with Crippen molar-refractivity contribution < 1.29 is 13.9 Å². The largest absolute Gasteiger partial charge is 0.353 e. The van der Waals surface area contributed by atoms with E-state index in [2.05, 4.69) is 0 Å². The van der Waals surface area contributed by atoms with Gasteiger partial charge in [-0.15, -0.1) is 0 Å². The van der Waals surface area contributed by atoms with Crippen molar-refractivity contribution in [3.8, 4) is 0 Å². The normalized spacial score (nSPS) is 25.8. The highest BCUT2D eigenvalue weighted by Gasteiger charge is 2.47. The van der Waals surface area contributed by atoms with Crippen LogP contribution in [-0.2, 0) is 9.47 Å². The molecule has 1 fully saturated rings. The molecule has 1 saturated carbocycles. The highest BCUT2D eigenvalue weighted by atomic mass is 19.1. The lowest BCUT2D eigenvalue weighted by atomic mass is 10.1. The Balaban J connectivity index is 1.96. The van der Waals surface area contributed by atoms with E-state index in [1.165, 1.54) is 19.8 Å². The maximum atomic E-state index is 13.9. The molecule has 0 aromatic heterocycles. The van der Waals surface area contributed by atoms with E-state index in [4.69, 9.17) is 9.47 Å². The van der Waals surface area contributed by atoms with Crippen molar-refractivity contribution in [3.05, 3.63) is 35.9 Å². The summed E-state index contributed by atoms with van der Waals surface area (Å²) in [6, 6.07) is 10.0. The van der Waals surface area contributed by atoms with E-state index in [1.54, 1.807) is 0 Å². The van der Waals surface area contributed by atoms with Gasteiger partial charge in [0, 0.05) is 20.1 Å². The van der Waals surface area contributed by atoms with Crippen LogP contribution in [0.1, 0.15) is 17.9 Å². The molecule has 3 heteroatoms. The van der Waals surface area contributed by atoms with E-state index in [9.17, 15) is 4.39 Å². The lowest BCUT2D eigenvalue weighted by Gasteiger charge is -2.17. The number of hydrogen-bond acceptors (Lipinski definition) is 2.